The van der Waals surface area contributed by atoms with Crippen LogP contribution in [-0.2, 0) is 26.1 Å². The summed E-state index contributed by atoms with van der Waals surface area (Å²) in [6, 6.07) is 14.4. The number of halogens is 1. The Hall–Kier alpha value is -2.39. The average Bonchev–Trinajstić information content (AvgIpc) is 3.19. The van der Waals surface area contributed by atoms with Gasteiger partial charge in [-0.15, -0.1) is 0 Å². The van der Waals surface area contributed by atoms with Crippen LogP contribution in [0.2, 0.25) is 5.02 Å². The first-order chi connectivity index (χ1) is 16.7. The van der Waals surface area contributed by atoms with E-state index in [2.05, 4.69) is 50.9 Å². The van der Waals surface area contributed by atoms with Crippen molar-refractivity contribution in [1.29, 1.82) is 0 Å². The molecule has 0 radical (unpaired) electrons. The minimum Gasteiger partial charge on any atom is -0.469 e. The van der Waals surface area contributed by atoms with Crippen molar-refractivity contribution in [3.63, 3.8) is 0 Å². The van der Waals surface area contributed by atoms with Crippen LogP contribution in [0, 0.1) is 0 Å². The van der Waals surface area contributed by atoms with Gasteiger partial charge in [-0.05, 0) is 61.2 Å². The number of sulfonamides is 1. The second kappa shape index (κ2) is 12.5. The lowest BCUT2D eigenvalue weighted by molar-refractivity contribution is -0.140. The first-order valence-electron chi connectivity index (χ1n) is 11.7. The Morgan fingerprint density at radius 3 is 2.49 bits per heavy atom. The zero-order chi connectivity index (χ0) is 25.4. The highest BCUT2D eigenvalue weighted by Crippen LogP contribution is 2.25. The van der Waals surface area contributed by atoms with Crippen molar-refractivity contribution in [3.8, 4) is 0 Å². The van der Waals surface area contributed by atoms with Gasteiger partial charge < -0.3 is 9.64 Å². The molecule has 1 saturated heterocycles. The van der Waals surface area contributed by atoms with Crippen LogP contribution in [0.25, 0.3) is 0 Å². The number of nitrogens with zero attached hydrogens (tertiary/aromatic N) is 2. The van der Waals surface area contributed by atoms with E-state index >= 15 is 0 Å². The first kappa shape index (κ1) is 27.2. The van der Waals surface area contributed by atoms with Gasteiger partial charge in [0.1, 0.15) is 0 Å². The lowest BCUT2D eigenvalue weighted by Gasteiger charge is -2.22. The minimum atomic E-state index is -3.65. The number of benzene rings is 2. The third-order valence-corrected chi connectivity index (χ3v) is 7.86. The van der Waals surface area contributed by atoms with Gasteiger partial charge in [0.2, 0.25) is 10.0 Å². The summed E-state index contributed by atoms with van der Waals surface area (Å²) in [6.07, 6.45) is 6.73. The van der Waals surface area contributed by atoms with E-state index in [9.17, 15) is 13.2 Å². The summed E-state index contributed by atoms with van der Waals surface area (Å²) < 4.78 is 33.4. The molecule has 9 heteroatoms. The van der Waals surface area contributed by atoms with Crippen molar-refractivity contribution in [2.24, 2.45) is 0 Å². The van der Waals surface area contributed by atoms with Crippen LogP contribution in [0.1, 0.15) is 31.2 Å². The molecule has 1 fully saturated rings. The number of esters is 1. The number of ether oxygens (including phenoxy) is 1. The lowest BCUT2D eigenvalue weighted by Crippen LogP contribution is -2.37. The molecule has 2 aromatic carbocycles. The molecule has 0 spiro atoms. The van der Waals surface area contributed by atoms with Crippen LogP contribution < -0.4 is 9.62 Å². The van der Waals surface area contributed by atoms with Crippen molar-refractivity contribution in [1.82, 2.24) is 9.62 Å². The molecule has 0 aromatic heterocycles. The summed E-state index contributed by atoms with van der Waals surface area (Å²) in [5.41, 5.74) is 2.30. The Balaban J connectivity index is 1.69. The number of hydrogen-bond acceptors (Lipinski definition) is 6. The van der Waals surface area contributed by atoms with Crippen LogP contribution in [-0.4, -0.2) is 59.1 Å². The molecule has 0 unspecified atom stereocenters. The first-order valence-corrected chi connectivity index (χ1v) is 13.6. The number of carbonyl (C=O) groups excluding carboxylic acids is 1. The Morgan fingerprint density at radius 1 is 1.17 bits per heavy atom. The molecule has 7 nitrogen and oxygen atoms in total. The number of anilines is 1. The maximum absolute atomic E-state index is 12.9. The molecule has 2 atom stereocenters. The van der Waals surface area contributed by atoms with Crippen molar-refractivity contribution in [3.05, 3.63) is 71.3 Å². The summed E-state index contributed by atoms with van der Waals surface area (Å²) in [7, 11) is 1.76. The molecule has 1 aliphatic heterocycles. The van der Waals surface area contributed by atoms with E-state index in [1.165, 1.54) is 24.8 Å². The third-order valence-electron chi connectivity index (χ3n) is 6.07. The third kappa shape index (κ3) is 8.07. The quantitative estimate of drug-likeness (QED) is 0.272. The summed E-state index contributed by atoms with van der Waals surface area (Å²) in [4.78, 5) is 15.9. The molecule has 0 saturated carbocycles. The van der Waals surface area contributed by atoms with E-state index in [-0.39, 0.29) is 22.9 Å². The van der Waals surface area contributed by atoms with Crippen molar-refractivity contribution in [2.75, 3.05) is 32.6 Å². The molecule has 190 valence electrons. The maximum atomic E-state index is 12.9. The zero-order valence-corrected chi connectivity index (χ0v) is 22.1. The number of hydrogen-bond donors (Lipinski definition) is 1. The topological polar surface area (TPSA) is 78.9 Å². The van der Waals surface area contributed by atoms with Gasteiger partial charge in [-0.3, -0.25) is 9.69 Å². The van der Waals surface area contributed by atoms with E-state index in [1.807, 2.05) is 14.1 Å². The lowest BCUT2D eigenvalue weighted by atomic mass is 10.1. The van der Waals surface area contributed by atoms with Gasteiger partial charge in [-0.25, -0.2) is 13.1 Å². The molecule has 1 heterocycles. The van der Waals surface area contributed by atoms with E-state index in [4.69, 9.17) is 16.3 Å². The second-order valence-electron chi connectivity index (χ2n) is 8.96. The predicted octanol–water partition coefficient (Wildman–Crippen LogP) is 4.23. The number of likely N-dealkylation sites (tertiary alicyclic amines) is 1. The fourth-order valence-electron chi connectivity index (χ4n) is 4.16. The fourth-order valence-corrected chi connectivity index (χ4v) is 5.52. The number of unbranched alkanes of at least 4 members (excludes halogenated alkanes) is 1. The average molecular weight is 520 g/mol. The van der Waals surface area contributed by atoms with Gasteiger partial charge in [0.05, 0.1) is 12.0 Å². The SMILES string of the molecule is COC(=O)CCCC=C[C@@H]1C[C@@H](NS(=O)(=O)c2ccc(Cl)cc2)CN1Cc1ccc(N(C)C)cc1. The Kier molecular flexibility index (Phi) is 9.74. The molecular weight excluding hydrogens is 486 g/mol. The maximum Gasteiger partial charge on any atom is 0.305 e. The Bertz CT molecular complexity index is 1100. The van der Waals surface area contributed by atoms with E-state index < -0.39 is 10.0 Å². The second-order valence-corrected chi connectivity index (χ2v) is 11.1. The summed E-state index contributed by atoms with van der Waals surface area (Å²) >= 11 is 5.91. The zero-order valence-electron chi connectivity index (χ0n) is 20.5. The molecule has 0 aliphatic carbocycles. The smallest absolute Gasteiger partial charge is 0.305 e. The summed E-state index contributed by atoms with van der Waals surface area (Å²) in [6.45, 7) is 1.31. The van der Waals surface area contributed by atoms with Crippen LogP contribution in [0.15, 0.2) is 65.6 Å². The van der Waals surface area contributed by atoms with Crippen molar-refractivity contribution in [2.45, 2.75) is 49.2 Å². The normalized spacial score (nSPS) is 18.7. The number of allylic oxidation sites excluding steroid dienone is 1. The van der Waals surface area contributed by atoms with Gasteiger partial charge in [0, 0.05) is 56.4 Å². The van der Waals surface area contributed by atoms with Gasteiger partial charge in [0.15, 0.2) is 0 Å². The molecule has 0 bridgehead atoms. The molecular formula is C26H34ClN3O4S. The highest BCUT2D eigenvalue weighted by Gasteiger charge is 2.33. The van der Waals surface area contributed by atoms with Crippen LogP contribution in [0.5, 0.6) is 0 Å². The number of methoxy groups -OCH3 is 1. The van der Waals surface area contributed by atoms with E-state index in [0.29, 0.717) is 37.4 Å². The molecule has 1 N–H and O–H groups in total. The van der Waals surface area contributed by atoms with Crippen LogP contribution >= 0.6 is 11.6 Å². The van der Waals surface area contributed by atoms with Gasteiger partial charge >= 0.3 is 5.97 Å². The van der Waals surface area contributed by atoms with Crippen molar-refractivity contribution < 1.29 is 17.9 Å². The number of rotatable bonds is 11. The number of carbonyl (C=O) groups is 1. The standard InChI is InChI=1S/C26H34ClN3O4S/c1-29(2)23-13-9-20(10-14-23)18-30-19-22(17-24(30)7-5-4-6-8-26(31)34-3)28-35(32,33)25-15-11-21(27)12-16-25/h5,7,9-16,22,24,28H,4,6,8,17-19H2,1-3H3/t22-,24-/m1/s1. The Labute approximate surface area is 213 Å². The van der Waals surface area contributed by atoms with Gasteiger partial charge in [-0.2, -0.15) is 0 Å². The van der Waals surface area contributed by atoms with E-state index in [1.54, 1.807) is 12.1 Å². The molecule has 0 amide bonds. The van der Waals surface area contributed by atoms with Crippen LogP contribution in [0.3, 0.4) is 0 Å². The fraction of sp³-hybridized carbons (Fsp3) is 0.423. The predicted molar refractivity (Wildman–Crippen MR) is 140 cm³/mol. The van der Waals surface area contributed by atoms with Crippen molar-refractivity contribution >= 4 is 33.3 Å². The highest BCUT2D eigenvalue weighted by molar-refractivity contribution is 7.89. The van der Waals surface area contributed by atoms with E-state index in [0.717, 1.165) is 12.1 Å². The van der Waals surface area contributed by atoms with Crippen LogP contribution in [0.4, 0.5) is 5.69 Å². The minimum absolute atomic E-state index is 0.0829. The highest BCUT2D eigenvalue weighted by atomic mass is 35.5. The molecule has 35 heavy (non-hydrogen) atoms. The molecule has 1 aliphatic rings. The molecule has 2 aromatic rings. The Morgan fingerprint density at radius 2 is 1.86 bits per heavy atom. The van der Waals surface area contributed by atoms with Gasteiger partial charge in [0.25, 0.3) is 0 Å². The monoisotopic (exact) mass is 519 g/mol. The largest absolute Gasteiger partial charge is 0.469 e. The van der Waals surface area contributed by atoms with Gasteiger partial charge in [-0.1, -0.05) is 35.9 Å². The summed E-state index contributed by atoms with van der Waals surface area (Å²) in [5.74, 6) is -0.210. The molecule has 3 rings (SSSR count). The number of nitrogens with one attached hydrogen (secondary N) is 1. The summed E-state index contributed by atoms with van der Waals surface area (Å²) in [5, 5.41) is 0.494.